The Morgan fingerprint density at radius 1 is 0.959 bits per heavy atom. The van der Waals surface area contributed by atoms with Crippen LogP contribution in [0.1, 0.15) is 54.7 Å². The van der Waals surface area contributed by atoms with Crippen molar-refractivity contribution in [3.8, 4) is 11.5 Å². The van der Waals surface area contributed by atoms with Gasteiger partial charge in [-0.1, -0.05) is 12.1 Å². The number of nitrogens with zero attached hydrogens (tertiary/aromatic N) is 1. The number of carbonyl (C=O) groups excluding carboxylic acids is 3. The highest BCUT2D eigenvalue weighted by Gasteiger charge is 2.55. The van der Waals surface area contributed by atoms with Gasteiger partial charge in [0.25, 0.3) is 0 Å². The normalized spacial score (nSPS) is 18.0. The molecule has 0 unspecified atom stereocenters. The number of carboxylic acids is 1. The van der Waals surface area contributed by atoms with E-state index in [0.717, 1.165) is 7.11 Å². The Hall–Kier alpha value is -5.31. The zero-order chi connectivity index (χ0) is 36.3. The molecule has 0 radical (unpaired) electrons. The molecule has 1 saturated heterocycles. The number of sulfone groups is 1. The number of carbonyl (C=O) groups is 4. The number of ether oxygens (including phenoxy) is 3. The maximum absolute atomic E-state index is 15.0. The number of carboxylic acid groups (broad SMARTS) is 1. The van der Waals surface area contributed by atoms with Crippen molar-refractivity contribution in [1.82, 2.24) is 4.90 Å². The van der Waals surface area contributed by atoms with Crippen LogP contribution in [0.5, 0.6) is 11.5 Å². The fraction of sp³-hybridized carbons (Fsp3) is 0.353. The Balaban J connectivity index is 1.97. The van der Waals surface area contributed by atoms with Gasteiger partial charge in [-0.15, -0.1) is 0 Å². The van der Waals surface area contributed by atoms with E-state index < -0.39 is 56.5 Å². The molecule has 262 valence electrons. The number of amides is 3. The Morgan fingerprint density at radius 2 is 1.65 bits per heavy atom. The summed E-state index contributed by atoms with van der Waals surface area (Å²) in [5.41, 5.74) is 4.83. The fourth-order valence-electron chi connectivity index (χ4n) is 6.07. The molecular weight excluding hydrogens is 656 g/mol. The number of methoxy groups -OCH3 is 3. The molecular formula is C34H40N4O10S. The van der Waals surface area contributed by atoms with Gasteiger partial charge in [0.2, 0.25) is 11.8 Å². The molecule has 0 saturated carbocycles. The molecule has 5 N–H and O–H groups in total. The minimum Gasteiger partial charge on any atom is -0.493 e. The number of likely N-dealkylation sites (tertiary alicyclic amines) is 1. The summed E-state index contributed by atoms with van der Waals surface area (Å²) in [4.78, 5) is 53.1. The lowest BCUT2D eigenvalue weighted by Gasteiger charge is -2.41. The molecule has 0 aliphatic carbocycles. The number of benzene rings is 3. The Kier molecular flexibility index (Phi) is 10.8. The first kappa shape index (κ1) is 36.5. The highest BCUT2D eigenvalue weighted by molar-refractivity contribution is 7.92. The van der Waals surface area contributed by atoms with Gasteiger partial charge in [0.15, 0.2) is 21.3 Å². The lowest BCUT2D eigenvalue weighted by atomic mass is 9.79. The second-order valence-corrected chi connectivity index (χ2v) is 14.3. The van der Waals surface area contributed by atoms with Crippen LogP contribution in [0.25, 0.3) is 0 Å². The predicted octanol–water partition coefficient (Wildman–Crippen LogP) is 4.16. The SMILES string of the molecule is COC(=O)Nc1ccc(S(=O)(=O)C(C)C)c([C@@]2(C)[C@@H](C(=O)O)CCN2C(=O)[C@H](Nc2cccc(C(N)=O)c2)c2ccc(OC)c(OC)c2)c1. The maximum atomic E-state index is 15.0. The van der Waals surface area contributed by atoms with Crippen molar-refractivity contribution in [1.29, 1.82) is 0 Å². The summed E-state index contributed by atoms with van der Waals surface area (Å²) in [6.07, 6.45) is -0.843. The molecule has 0 aromatic heterocycles. The molecule has 3 aromatic carbocycles. The van der Waals surface area contributed by atoms with Gasteiger partial charge in [0, 0.05) is 23.5 Å². The van der Waals surface area contributed by atoms with Crippen molar-refractivity contribution in [3.05, 3.63) is 77.4 Å². The van der Waals surface area contributed by atoms with Crippen LogP contribution < -0.4 is 25.8 Å². The summed E-state index contributed by atoms with van der Waals surface area (Å²) in [7, 11) is 0.00626. The highest BCUT2D eigenvalue weighted by Crippen LogP contribution is 2.48. The smallest absolute Gasteiger partial charge is 0.411 e. The lowest BCUT2D eigenvalue weighted by Crippen LogP contribution is -2.51. The number of nitrogens with two attached hydrogens (primary N) is 1. The van der Waals surface area contributed by atoms with Crippen molar-refractivity contribution in [3.63, 3.8) is 0 Å². The number of nitrogens with one attached hydrogen (secondary N) is 2. The largest absolute Gasteiger partial charge is 0.493 e. The zero-order valence-electron chi connectivity index (χ0n) is 28.0. The summed E-state index contributed by atoms with van der Waals surface area (Å²) in [6.45, 7) is 4.43. The van der Waals surface area contributed by atoms with E-state index in [2.05, 4.69) is 10.6 Å². The van der Waals surface area contributed by atoms with Gasteiger partial charge >= 0.3 is 12.1 Å². The standard InChI is InChI=1S/C34H40N4O10S/c1-19(2)49(44,45)28-13-11-23(37-33(43)48-6)18-25(28)34(3)24(32(41)42)14-15-38(34)31(40)29(20-10-12-26(46-4)27(17-20)47-5)36-22-9-7-8-21(16-22)30(35)39/h7-13,16-19,24,29,36H,14-15H2,1-6H3,(H2,35,39)(H,37,43)(H,41,42)/t24-,29-,34-/m1/s1. The van der Waals surface area contributed by atoms with Crippen LogP contribution >= 0.6 is 0 Å². The van der Waals surface area contributed by atoms with Gasteiger partial charge in [0.1, 0.15) is 6.04 Å². The number of aliphatic carboxylic acids is 1. The van der Waals surface area contributed by atoms with Crippen molar-refractivity contribution < 1.29 is 46.9 Å². The van der Waals surface area contributed by atoms with E-state index in [-0.39, 0.29) is 34.7 Å². The minimum atomic E-state index is -4.05. The average molecular weight is 697 g/mol. The number of primary amides is 1. The van der Waals surface area contributed by atoms with Crippen molar-refractivity contribution in [2.45, 2.75) is 48.9 Å². The topological polar surface area (TPSA) is 204 Å². The second kappa shape index (κ2) is 14.4. The molecule has 1 heterocycles. The molecule has 1 aliphatic heterocycles. The fourth-order valence-corrected chi connectivity index (χ4v) is 7.41. The van der Waals surface area contributed by atoms with E-state index in [1.165, 1.54) is 70.2 Å². The van der Waals surface area contributed by atoms with E-state index in [1.807, 2.05) is 0 Å². The first-order valence-corrected chi connectivity index (χ1v) is 16.8. The van der Waals surface area contributed by atoms with Crippen LogP contribution in [-0.4, -0.2) is 75.4 Å². The summed E-state index contributed by atoms with van der Waals surface area (Å²) in [5.74, 6) is -3.10. The third-order valence-corrected chi connectivity index (χ3v) is 11.0. The molecule has 0 spiro atoms. The molecule has 3 atom stereocenters. The third-order valence-electron chi connectivity index (χ3n) is 8.77. The first-order chi connectivity index (χ1) is 23.1. The number of hydrogen-bond donors (Lipinski definition) is 4. The van der Waals surface area contributed by atoms with Crippen molar-refractivity contribution in [2.24, 2.45) is 11.7 Å². The van der Waals surface area contributed by atoms with E-state index in [0.29, 0.717) is 22.7 Å². The molecule has 3 aromatic rings. The van der Waals surface area contributed by atoms with E-state index in [1.54, 1.807) is 30.3 Å². The maximum Gasteiger partial charge on any atom is 0.411 e. The molecule has 14 nitrogen and oxygen atoms in total. The van der Waals surface area contributed by atoms with Crippen LogP contribution in [0.4, 0.5) is 16.2 Å². The van der Waals surface area contributed by atoms with Crippen molar-refractivity contribution in [2.75, 3.05) is 38.5 Å². The van der Waals surface area contributed by atoms with Gasteiger partial charge in [-0.3, -0.25) is 19.7 Å². The quantitative estimate of drug-likeness (QED) is 0.212. The van der Waals surface area contributed by atoms with E-state index in [4.69, 9.17) is 19.9 Å². The zero-order valence-corrected chi connectivity index (χ0v) is 28.8. The molecule has 3 amide bonds. The molecule has 49 heavy (non-hydrogen) atoms. The Bertz CT molecular complexity index is 1880. The van der Waals surface area contributed by atoms with Gasteiger partial charge in [-0.2, -0.15) is 0 Å². The van der Waals surface area contributed by atoms with Gasteiger partial charge in [-0.05, 0) is 86.8 Å². The van der Waals surface area contributed by atoms with Crippen LogP contribution in [0.15, 0.2) is 65.6 Å². The molecule has 1 aliphatic rings. The summed E-state index contributed by atoms with van der Waals surface area (Å²) < 4.78 is 43.1. The summed E-state index contributed by atoms with van der Waals surface area (Å²) >= 11 is 0. The van der Waals surface area contributed by atoms with Crippen LogP contribution in [0.3, 0.4) is 0 Å². The lowest BCUT2D eigenvalue weighted by molar-refractivity contribution is -0.147. The summed E-state index contributed by atoms with van der Waals surface area (Å²) in [6, 6.07) is 13.8. The molecule has 15 heteroatoms. The van der Waals surface area contributed by atoms with Crippen LogP contribution in [-0.2, 0) is 29.7 Å². The number of anilines is 2. The third kappa shape index (κ3) is 7.11. The Morgan fingerprint density at radius 3 is 2.24 bits per heavy atom. The predicted molar refractivity (Wildman–Crippen MR) is 180 cm³/mol. The van der Waals surface area contributed by atoms with E-state index in [9.17, 15) is 32.7 Å². The first-order valence-electron chi connectivity index (χ1n) is 15.3. The monoisotopic (exact) mass is 696 g/mol. The van der Waals surface area contributed by atoms with Gasteiger partial charge in [-0.25, -0.2) is 13.2 Å². The van der Waals surface area contributed by atoms with Crippen molar-refractivity contribution >= 4 is 45.1 Å². The number of rotatable bonds is 12. The van der Waals surface area contributed by atoms with Crippen LogP contribution in [0.2, 0.25) is 0 Å². The van der Waals surface area contributed by atoms with Crippen LogP contribution in [0, 0.1) is 5.92 Å². The molecule has 1 fully saturated rings. The average Bonchev–Trinajstić information content (AvgIpc) is 3.44. The van der Waals surface area contributed by atoms with Gasteiger partial charge < -0.3 is 35.3 Å². The summed E-state index contributed by atoms with van der Waals surface area (Å²) in [5, 5.41) is 15.3. The number of hydrogen-bond acceptors (Lipinski definition) is 10. The molecule has 4 rings (SSSR count). The second-order valence-electron chi connectivity index (χ2n) is 11.9. The van der Waals surface area contributed by atoms with Gasteiger partial charge in [0.05, 0.1) is 42.9 Å². The molecule has 0 bridgehead atoms. The van der Waals surface area contributed by atoms with E-state index >= 15 is 0 Å². The minimum absolute atomic E-state index is 0.00939. The highest BCUT2D eigenvalue weighted by atomic mass is 32.2. The Labute approximate surface area is 284 Å².